The molecule has 28 heavy (non-hydrogen) atoms. The first-order chi connectivity index (χ1) is 13.4. The van der Waals surface area contributed by atoms with E-state index in [4.69, 9.17) is 5.11 Å². The minimum absolute atomic E-state index is 0.00237. The van der Waals surface area contributed by atoms with Crippen molar-refractivity contribution in [2.45, 2.75) is 11.3 Å². The van der Waals surface area contributed by atoms with E-state index < -0.39 is 16.0 Å². The first-order valence-electron chi connectivity index (χ1n) is 8.65. The van der Waals surface area contributed by atoms with E-state index in [0.717, 1.165) is 0 Å². The summed E-state index contributed by atoms with van der Waals surface area (Å²) in [6.45, 7) is 0.388. The number of aliphatic hydroxyl groups excluding tert-OH is 1. The summed E-state index contributed by atoms with van der Waals surface area (Å²) in [4.78, 5) is 11.8. The molecular weight excluding hydrogens is 380 g/mol. The number of sulfonamides is 1. The molecule has 0 aliphatic heterocycles. The maximum atomic E-state index is 13.0. The van der Waals surface area contributed by atoms with Gasteiger partial charge in [0, 0.05) is 13.2 Å². The van der Waals surface area contributed by atoms with E-state index in [1.807, 2.05) is 0 Å². The summed E-state index contributed by atoms with van der Waals surface area (Å²) in [6, 6.07) is 16.3. The van der Waals surface area contributed by atoms with Crippen molar-refractivity contribution in [1.29, 1.82) is 0 Å². The summed E-state index contributed by atoms with van der Waals surface area (Å²) in [5.41, 5.74) is 0.268. The Kier molecular flexibility index (Phi) is 5.81. The molecule has 0 bridgehead atoms. The molecule has 3 aromatic rings. The van der Waals surface area contributed by atoms with E-state index in [0.29, 0.717) is 29.4 Å². The molecular formula is C20H20N2O5S. The van der Waals surface area contributed by atoms with Crippen LogP contribution in [0.15, 0.2) is 65.6 Å². The van der Waals surface area contributed by atoms with Crippen molar-refractivity contribution < 1.29 is 23.4 Å². The van der Waals surface area contributed by atoms with Crippen LogP contribution >= 0.6 is 0 Å². The fourth-order valence-corrected chi connectivity index (χ4v) is 4.19. The van der Waals surface area contributed by atoms with Crippen LogP contribution in [0.4, 0.5) is 11.4 Å². The largest absolute Gasteiger partial charge is 0.478 e. The molecule has 3 aromatic carbocycles. The summed E-state index contributed by atoms with van der Waals surface area (Å²) in [5.74, 6) is -1.22. The molecule has 0 aliphatic rings. The lowest BCUT2D eigenvalue weighted by Crippen LogP contribution is -2.18. The summed E-state index contributed by atoms with van der Waals surface area (Å²) in [7, 11) is -4.04. The van der Waals surface area contributed by atoms with Gasteiger partial charge in [0.05, 0.1) is 16.9 Å². The maximum absolute atomic E-state index is 13.0. The van der Waals surface area contributed by atoms with Gasteiger partial charge in [0.1, 0.15) is 4.90 Å². The highest BCUT2D eigenvalue weighted by atomic mass is 32.2. The van der Waals surface area contributed by atoms with Crippen LogP contribution in [-0.4, -0.2) is 37.8 Å². The molecule has 0 spiro atoms. The van der Waals surface area contributed by atoms with Crippen molar-refractivity contribution in [3.63, 3.8) is 0 Å². The highest BCUT2D eigenvalue weighted by Crippen LogP contribution is 2.30. The minimum atomic E-state index is -4.04. The predicted octanol–water partition coefficient (Wildman–Crippen LogP) is 3.13. The first kappa shape index (κ1) is 19.7. The summed E-state index contributed by atoms with van der Waals surface area (Å²) in [5, 5.41) is 22.7. The zero-order valence-corrected chi connectivity index (χ0v) is 15.7. The second-order valence-electron chi connectivity index (χ2n) is 6.12. The fourth-order valence-electron chi connectivity index (χ4n) is 2.94. The quantitative estimate of drug-likeness (QED) is 0.432. The third kappa shape index (κ3) is 4.08. The minimum Gasteiger partial charge on any atom is -0.478 e. The van der Waals surface area contributed by atoms with E-state index in [2.05, 4.69) is 10.0 Å². The van der Waals surface area contributed by atoms with Gasteiger partial charge in [0.15, 0.2) is 0 Å². The number of hydrogen-bond acceptors (Lipinski definition) is 5. The molecule has 0 amide bonds. The van der Waals surface area contributed by atoms with Gasteiger partial charge >= 0.3 is 5.97 Å². The van der Waals surface area contributed by atoms with Crippen molar-refractivity contribution >= 4 is 38.1 Å². The van der Waals surface area contributed by atoms with Gasteiger partial charge in [-0.25, -0.2) is 13.2 Å². The molecule has 0 unspecified atom stereocenters. The third-order valence-corrected chi connectivity index (χ3v) is 5.64. The highest BCUT2D eigenvalue weighted by molar-refractivity contribution is 7.92. The van der Waals surface area contributed by atoms with Crippen LogP contribution in [0, 0.1) is 0 Å². The van der Waals surface area contributed by atoms with Crippen LogP contribution < -0.4 is 10.0 Å². The van der Waals surface area contributed by atoms with Crippen molar-refractivity contribution in [3.05, 3.63) is 66.2 Å². The van der Waals surface area contributed by atoms with Crippen LogP contribution in [0.1, 0.15) is 16.8 Å². The van der Waals surface area contributed by atoms with E-state index in [-0.39, 0.29) is 22.8 Å². The van der Waals surface area contributed by atoms with Crippen molar-refractivity contribution in [2.75, 3.05) is 23.2 Å². The average molecular weight is 400 g/mol. The van der Waals surface area contributed by atoms with E-state index >= 15 is 0 Å². The Labute approximate surface area is 162 Å². The number of carbonyl (C=O) groups is 1. The third-order valence-electron chi connectivity index (χ3n) is 4.21. The molecule has 4 N–H and O–H groups in total. The Bertz CT molecular complexity index is 1110. The monoisotopic (exact) mass is 400 g/mol. The highest BCUT2D eigenvalue weighted by Gasteiger charge is 2.22. The molecule has 0 saturated carbocycles. The molecule has 3 rings (SSSR count). The van der Waals surface area contributed by atoms with Gasteiger partial charge in [-0.3, -0.25) is 4.72 Å². The van der Waals surface area contributed by atoms with Crippen LogP contribution in [0.25, 0.3) is 10.8 Å². The summed E-state index contributed by atoms with van der Waals surface area (Å²) >= 11 is 0. The van der Waals surface area contributed by atoms with Crippen molar-refractivity contribution in [3.8, 4) is 0 Å². The Balaban J connectivity index is 2.02. The number of aromatic carboxylic acids is 1. The number of fused-ring (bicyclic) bond motifs is 1. The molecule has 7 nitrogen and oxygen atoms in total. The normalized spacial score (nSPS) is 11.3. The van der Waals surface area contributed by atoms with Gasteiger partial charge in [-0.1, -0.05) is 42.5 Å². The van der Waals surface area contributed by atoms with Crippen LogP contribution in [0.2, 0.25) is 0 Å². The Hall–Kier alpha value is -3.10. The van der Waals surface area contributed by atoms with Gasteiger partial charge in [-0.2, -0.15) is 0 Å². The predicted molar refractivity (Wildman–Crippen MR) is 108 cm³/mol. The van der Waals surface area contributed by atoms with E-state index in [1.54, 1.807) is 48.5 Å². The SMILES string of the molecule is O=C(O)c1c(NS(=O)(=O)c2ccccc2NCCCO)ccc2ccccc12. The lowest BCUT2D eigenvalue weighted by molar-refractivity contribution is 0.0700. The lowest BCUT2D eigenvalue weighted by atomic mass is 10.0. The summed E-state index contributed by atoms with van der Waals surface area (Å²) < 4.78 is 28.4. The fraction of sp³-hybridized carbons (Fsp3) is 0.150. The van der Waals surface area contributed by atoms with Crippen LogP contribution in [0.5, 0.6) is 0 Å². The molecule has 0 saturated heterocycles. The number of anilines is 2. The lowest BCUT2D eigenvalue weighted by Gasteiger charge is -2.15. The molecule has 0 heterocycles. The average Bonchev–Trinajstić information content (AvgIpc) is 2.67. The van der Waals surface area contributed by atoms with Gasteiger partial charge < -0.3 is 15.5 Å². The van der Waals surface area contributed by atoms with Crippen LogP contribution in [-0.2, 0) is 10.0 Å². The van der Waals surface area contributed by atoms with Gasteiger partial charge in [0.25, 0.3) is 10.0 Å². The molecule has 0 aromatic heterocycles. The van der Waals surface area contributed by atoms with Gasteiger partial charge in [-0.05, 0) is 35.4 Å². The summed E-state index contributed by atoms with van der Waals surface area (Å²) in [6.07, 6.45) is 0.468. The second-order valence-corrected chi connectivity index (χ2v) is 7.77. The number of para-hydroxylation sites is 1. The number of nitrogens with one attached hydrogen (secondary N) is 2. The molecule has 8 heteroatoms. The van der Waals surface area contributed by atoms with Gasteiger partial charge in [-0.15, -0.1) is 0 Å². The topological polar surface area (TPSA) is 116 Å². The number of hydrogen-bond donors (Lipinski definition) is 4. The molecule has 146 valence electrons. The van der Waals surface area contributed by atoms with Gasteiger partial charge in [0.2, 0.25) is 0 Å². The first-order valence-corrected chi connectivity index (χ1v) is 10.1. The standard InChI is InChI=1S/C20H20N2O5S/c23-13-5-12-21-16-8-3-4-9-18(16)28(26,27)22-17-11-10-14-6-1-2-7-15(14)19(17)20(24)25/h1-4,6-11,21-23H,5,12-13H2,(H,24,25). The number of carboxylic acids is 1. The Morgan fingerprint density at radius 3 is 2.39 bits per heavy atom. The maximum Gasteiger partial charge on any atom is 0.338 e. The zero-order chi connectivity index (χ0) is 20.1. The molecule has 0 radical (unpaired) electrons. The molecule has 0 fully saturated rings. The van der Waals surface area contributed by atoms with E-state index in [1.165, 1.54) is 12.1 Å². The Morgan fingerprint density at radius 2 is 1.64 bits per heavy atom. The number of aliphatic hydroxyl groups is 1. The van der Waals surface area contributed by atoms with Crippen LogP contribution in [0.3, 0.4) is 0 Å². The van der Waals surface area contributed by atoms with Crippen molar-refractivity contribution in [1.82, 2.24) is 0 Å². The zero-order valence-electron chi connectivity index (χ0n) is 14.9. The molecule has 0 aliphatic carbocycles. The number of benzene rings is 3. The van der Waals surface area contributed by atoms with Crippen molar-refractivity contribution in [2.24, 2.45) is 0 Å². The smallest absolute Gasteiger partial charge is 0.338 e. The number of rotatable bonds is 8. The van der Waals surface area contributed by atoms with E-state index in [9.17, 15) is 18.3 Å². The Morgan fingerprint density at radius 1 is 0.929 bits per heavy atom. The second kappa shape index (κ2) is 8.28. The number of carboxylic acid groups (broad SMARTS) is 1. The molecule has 0 atom stereocenters.